The standard InChI is InChI=1S/C18H30N6O3.HI/c1-3-8-21-16(25)12-24-9-6-13(7-10-24)23-18(20-2)22-11-14-4-5-15(27-14)17(19)26;/h4-5,13H,3,6-12H2,1-2H3,(H2,19,26)(H,21,25)(H2,20,22,23);1H. The van der Waals surface area contributed by atoms with Crippen molar-refractivity contribution in [1.82, 2.24) is 20.9 Å². The first kappa shape index (κ1) is 24.2. The molecule has 0 bridgehead atoms. The number of hydrogen-bond donors (Lipinski definition) is 4. The van der Waals surface area contributed by atoms with Gasteiger partial charge in [-0.2, -0.15) is 0 Å². The number of rotatable bonds is 8. The molecular formula is C18H31IN6O3. The minimum atomic E-state index is -0.584. The summed E-state index contributed by atoms with van der Waals surface area (Å²) in [5.74, 6) is 0.935. The first-order valence-electron chi connectivity index (χ1n) is 9.36. The highest BCUT2D eigenvalue weighted by Gasteiger charge is 2.21. The van der Waals surface area contributed by atoms with E-state index in [0.717, 1.165) is 38.9 Å². The zero-order valence-corrected chi connectivity index (χ0v) is 18.8. The highest BCUT2D eigenvalue weighted by molar-refractivity contribution is 14.0. The van der Waals surface area contributed by atoms with Crippen molar-refractivity contribution in [2.24, 2.45) is 10.7 Å². The minimum absolute atomic E-state index is 0. The molecule has 9 nitrogen and oxygen atoms in total. The second kappa shape index (κ2) is 12.6. The Balaban J connectivity index is 0.00000392. The van der Waals surface area contributed by atoms with Crippen molar-refractivity contribution in [2.75, 3.05) is 33.2 Å². The van der Waals surface area contributed by atoms with Crippen molar-refractivity contribution in [2.45, 2.75) is 38.8 Å². The van der Waals surface area contributed by atoms with Gasteiger partial charge in [0, 0.05) is 32.7 Å². The normalized spacial score (nSPS) is 15.6. The third kappa shape index (κ3) is 8.05. The van der Waals surface area contributed by atoms with Gasteiger partial charge in [-0.1, -0.05) is 6.92 Å². The SMILES string of the molecule is CCCNC(=O)CN1CCC(NC(=NC)NCc2ccc(C(N)=O)o2)CC1.I. The molecule has 1 aromatic rings. The molecule has 0 aliphatic carbocycles. The Morgan fingerprint density at radius 2 is 2.00 bits per heavy atom. The van der Waals surface area contributed by atoms with Gasteiger partial charge in [0.25, 0.3) is 5.91 Å². The summed E-state index contributed by atoms with van der Waals surface area (Å²) in [4.78, 5) is 29.3. The van der Waals surface area contributed by atoms with E-state index in [2.05, 4.69) is 25.8 Å². The molecule has 0 radical (unpaired) electrons. The summed E-state index contributed by atoms with van der Waals surface area (Å²) in [5, 5.41) is 9.47. The van der Waals surface area contributed by atoms with Gasteiger partial charge in [0.05, 0.1) is 13.1 Å². The Morgan fingerprint density at radius 1 is 1.29 bits per heavy atom. The van der Waals surface area contributed by atoms with Crippen LogP contribution in [0.3, 0.4) is 0 Å². The molecule has 158 valence electrons. The fourth-order valence-electron chi connectivity index (χ4n) is 2.92. The lowest BCUT2D eigenvalue weighted by Crippen LogP contribution is -2.50. The van der Waals surface area contributed by atoms with Crippen LogP contribution < -0.4 is 21.7 Å². The summed E-state index contributed by atoms with van der Waals surface area (Å²) < 4.78 is 5.34. The van der Waals surface area contributed by atoms with E-state index in [0.29, 0.717) is 30.9 Å². The zero-order valence-electron chi connectivity index (χ0n) is 16.5. The summed E-state index contributed by atoms with van der Waals surface area (Å²) in [6, 6.07) is 3.56. The molecule has 1 aromatic heterocycles. The third-order valence-electron chi connectivity index (χ3n) is 4.43. The maximum atomic E-state index is 11.8. The number of aliphatic imine (C=N–C) groups is 1. The van der Waals surface area contributed by atoms with Crippen LogP contribution in [0.2, 0.25) is 0 Å². The monoisotopic (exact) mass is 506 g/mol. The molecule has 1 aliphatic heterocycles. The summed E-state index contributed by atoms with van der Waals surface area (Å²) in [5.41, 5.74) is 5.18. The van der Waals surface area contributed by atoms with Crippen molar-refractivity contribution >= 4 is 41.8 Å². The van der Waals surface area contributed by atoms with Gasteiger partial charge in [0.1, 0.15) is 5.76 Å². The maximum absolute atomic E-state index is 11.8. The van der Waals surface area contributed by atoms with Gasteiger partial charge in [-0.15, -0.1) is 24.0 Å². The quantitative estimate of drug-likeness (QED) is 0.233. The number of nitrogens with zero attached hydrogens (tertiary/aromatic N) is 2. The summed E-state index contributed by atoms with van der Waals surface area (Å²) in [6.45, 7) is 5.38. The van der Waals surface area contributed by atoms with Crippen molar-refractivity contribution in [3.63, 3.8) is 0 Å². The smallest absolute Gasteiger partial charge is 0.284 e. The molecule has 0 saturated carbocycles. The van der Waals surface area contributed by atoms with Crippen LogP contribution in [0, 0.1) is 0 Å². The average molecular weight is 506 g/mol. The van der Waals surface area contributed by atoms with Gasteiger partial charge in [-0.05, 0) is 31.4 Å². The Kier molecular flexibility index (Phi) is 10.9. The molecular weight excluding hydrogens is 475 g/mol. The molecule has 1 saturated heterocycles. The lowest BCUT2D eigenvalue weighted by molar-refractivity contribution is -0.122. The molecule has 0 atom stereocenters. The Labute approximate surface area is 182 Å². The molecule has 1 fully saturated rings. The second-order valence-corrected chi connectivity index (χ2v) is 6.60. The lowest BCUT2D eigenvalue weighted by Gasteiger charge is -2.32. The first-order chi connectivity index (χ1) is 13.0. The van der Waals surface area contributed by atoms with Crippen LogP contribution in [-0.2, 0) is 11.3 Å². The van der Waals surface area contributed by atoms with E-state index >= 15 is 0 Å². The fraction of sp³-hybridized carbons (Fsp3) is 0.611. The number of nitrogens with one attached hydrogen (secondary N) is 3. The van der Waals surface area contributed by atoms with E-state index in [-0.39, 0.29) is 35.6 Å². The molecule has 1 aliphatic rings. The number of nitrogens with two attached hydrogens (primary N) is 1. The molecule has 2 rings (SSSR count). The van der Waals surface area contributed by atoms with E-state index in [1.165, 1.54) is 0 Å². The number of guanidine groups is 1. The predicted octanol–water partition coefficient (Wildman–Crippen LogP) is 0.652. The molecule has 28 heavy (non-hydrogen) atoms. The van der Waals surface area contributed by atoms with Gasteiger partial charge in [0.15, 0.2) is 11.7 Å². The van der Waals surface area contributed by atoms with Gasteiger partial charge in [-0.3, -0.25) is 19.5 Å². The largest absolute Gasteiger partial charge is 0.454 e. The number of amides is 2. The molecule has 0 aromatic carbocycles. The Hall–Kier alpha value is -1.82. The molecule has 0 spiro atoms. The number of hydrogen-bond acceptors (Lipinski definition) is 5. The van der Waals surface area contributed by atoms with Crippen LogP contribution in [0.25, 0.3) is 0 Å². The van der Waals surface area contributed by atoms with Crippen LogP contribution in [-0.4, -0.2) is 61.9 Å². The van der Waals surface area contributed by atoms with Gasteiger partial charge < -0.3 is 26.1 Å². The number of piperidine rings is 1. The topological polar surface area (TPSA) is 125 Å². The Bertz CT molecular complexity index is 656. The van der Waals surface area contributed by atoms with Crippen LogP contribution >= 0.6 is 24.0 Å². The van der Waals surface area contributed by atoms with Crippen molar-refractivity contribution in [3.05, 3.63) is 23.7 Å². The summed E-state index contributed by atoms with van der Waals surface area (Å²) >= 11 is 0. The average Bonchev–Trinajstić information content (AvgIpc) is 3.14. The molecule has 2 amide bonds. The van der Waals surface area contributed by atoms with Gasteiger partial charge in [0.2, 0.25) is 5.91 Å². The highest BCUT2D eigenvalue weighted by atomic mass is 127. The van der Waals surface area contributed by atoms with Crippen LogP contribution in [0.1, 0.15) is 42.5 Å². The van der Waals surface area contributed by atoms with Gasteiger partial charge >= 0.3 is 0 Å². The molecule has 2 heterocycles. The third-order valence-corrected chi connectivity index (χ3v) is 4.43. The van der Waals surface area contributed by atoms with E-state index in [4.69, 9.17) is 10.2 Å². The zero-order chi connectivity index (χ0) is 19.6. The predicted molar refractivity (Wildman–Crippen MR) is 119 cm³/mol. The number of primary amides is 1. The van der Waals surface area contributed by atoms with Crippen LogP contribution in [0.4, 0.5) is 0 Å². The van der Waals surface area contributed by atoms with Gasteiger partial charge in [-0.25, -0.2) is 0 Å². The summed E-state index contributed by atoms with van der Waals surface area (Å²) in [7, 11) is 1.71. The molecule has 10 heteroatoms. The number of furan rings is 1. The number of likely N-dealkylation sites (tertiary alicyclic amines) is 1. The molecule has 5 N–H and O–H groups in total. The number of carbonyl (C=O) groups is 2. The second-order valence-electron chi connectivity index (χ2n) is 6.60. The fourth-order valence-corrected chi connectivity index (χ4v) is 2.92. The van der Waals surface area contributed by atoms with E-state index in [9.17, 15) is 9.59 Å². The van der Waals surface area contributed by atoms with Crippen LogP contribution in [0.5, 0.6) is 0 Å². The highest BCUT2D eigenvalue weighted by Crippen LogP contribution is 2.10. The molecule has 0 unspecified atom stereocenters. The lowest BCUT2D eigenvalue weighted by atomic mass is 10.1. The van der Waals surface area contributed by atoms with E-state index in [1.807, 2.05) is 6.92 Å². The van der Waals surface area contributed by atoms with Crippen molar-refractivity contribution in [1.29, 1.82) is 0 Å². The number of halogens is 1. The van der Waals surface area contributed by atoms with Crippen molar-refractivity contribution < 1.29 is 14.0 Å². The maximum Gasteiger partial charge on any atom is 0.284 e. The van der Waals surface area contributed by atoms with E-state index < -0.39 is 5.91 Å². The number of carbonyl (C=O) groups excluding carboxylic acids is 2. The van der Waals surface area contributed by atoms with E-state index in [1.54, 1.807) is 19.2 Å². The Morgan fingerprint density at radius 3 is 2.57 bits per heavy atom. The van der Waals surface area contributed by atoms with Crippen LogP contribution in [0.15, 0.2) is 21.5 Å². The first-order valence-corrected chi connectivity index (χ1v) is 9.36. The minimum Gasteiger partial charge on any atom is -0.454 e. The van der Waals surface area contributed by atoms with Crippen molar-refractivity contribution in [3.8, 4) is 0 Å². The summed E-state index contributed by atoms with van der Waals surface area (Å²) in [6.07, 6.45) is 2.83.